The minimum absolute atomic E-state index is 0.0472. The Kier molecular flexibility index (Phi) is 4.38. The summed E-state index contributed by atoms with van der Waals surface area (Å²) in [6.45, 7) is 3.86. The van der Waals surface area contributed by atoms with Gasteiger partial charge in [-0.1, -0.05) is 12.1 Å². The van der Waals surface area contributed by atoms with Crippen molar-refractivity contribution >= 4 is 11.7 Å². The van der Waals surface area contributed by atoms with Gasteiger partial charge in [0.1, 0.15) is 5.54 Å². The highest BCUT2D eigenvalue weighted by Crippen LogP contribution is 2.13. The molecule has 0 saturated carbocycles. The average molecular weight is 252 g/mol. The van der Waals surface area contributed by atoms with E-state index in [1.54, 1.807) is 26.0 Å². The summed E-state index contributed by atoms with van der Waals surface area (Å²) < 4.78 is 4.66. The number of hydrogen-bond donors (Lipinski definition) is 1. The summed E-state index contributed by atoms with van der Waals surface area (Å²) >= 11 is 0. The Labute approximate surface area is 105 Å². The fraction of sp³-hybridized carbons (Fsp3) is 0.417. The lowest BCUT2D eigenvalue weighted by Gasteiger charge is -2.23. The molecule has 98 valence electrons. The van der Waals surface area contributed by atoms with Gasteiger partial charge in [-0.05, 0) is 19.4 Å². The lowest BCUT2D eigenvalue weighted by Crippen LogP contribution is -2.46. The number of esters is 1. The van der Waals surface area contributed by atoms with Crippen LogP contribution in [0.15, 0.2) is 24.3 Å². The zero-order valence-corrected chi connectivity index (χ0v) is 10.6. The molecule has 0 unspecified atom stereocenters. The van der Waals surface area contributed by atoms with Crippen LogP contribution in [0.2, 0.25) is 0 Å². The standard InChI is InChI=1S/C12H16N2O4/c1-12(2,11(15)18-3)13-8-9-4-6-10(7-5-9)14(16)17/h4-7,13H,8H2,1-3H3. The number of carbonyl (C=O) groups excluding carboxylic acids is 1. The molecule has 0 spiro atoms. The van der Waals surface area contributed by atoms with Crippen LogP contribution in [0.4, 0.5) is 5.69 Å². The Hall–Kier alpha value is -1.95. The molecular weight excluding hydrogens is 236 g/mol. The molecule has 0 aliphatic heterocycles. The second-order valence-electron chi connectivity index (χ2n) is 4.39. The van der Waals surface area contributed by atoms with Gasteiger partial charge in [0.2, 0.25) is 0 Å². The van der Waals surface area contributed by atoms with E-state index in [0.29, 0.717) is 6.54 Å². The normalized spacial score (nSPS) is 11.1. The van der Waals surface area contributed by atoms with Crippen LogP contribution in [0.3, 0.4) is 0 Å². The molecule has 1 aromatic rings. The molecule has 0 aromatic heterocycles. The second-order valence-corrected chi connectivity index (χ2v) is 4.39. The first-order valence-corrected chi connectivity index (χ1v) is 5.43. The van der Waals surface area contributed by atoms with E-state index in [-0.39, 0.29) is 11.7 Å². The van der Waals surface area contributed by atoms with Gasteiger partial charge >= 0.3 is 5.97 Å². The molecule has 6 heteroatoms. The van der Waals surface area contributed by atoms with Crippen LogP contribution < -0.4 is 5.32 Å². The Morgan fingerprint density at radius 2 is 1.94 bits per heavy atom. The number of carbonyl (C=O) groups is 1. The molecule has 0 saturated heterocycles. The summed E-state index contributed by atoms with van der Waals surface area (Å²) in [6.07, 6.45) is 0. The third-order valence-electron chi connectivity index (χ3n) is 2.58. The second kappa shape index (κ2) is 5.59. The number of ether oxygens (including phenoxy) is 1. The number of hydrogen-bond acceptors (Lipinski definition) is 5. The predicted octanol–water partition coefficient (Wildman–Crippen LogP) is 1.64. The molecule has 0 heterocycles. The van der Waals surface area contributed by atoms with Gasteiger partial charge in [0.25, 0.3) is 5.69 Å². The monoisotopic (exact) mass is 252 g/mol. The van der Waals surface area contributed by atoms with Crippen molar-refractivity contribution in [3.8, 4) is 0 Å². The quantitative estimate of drug-likeness (QED) is 0.489. The number of methoxy groups -OCH3 is 1. The van der Waals surface area contributed by atoms with E-state index in [1.807, 2.05) is 0 Å². The molecule has 0 atom stereocenters. The fourth-order valence-electron chi connectivity index (χ4n) is 1.39. The van der Waals surface area contributed by atoms with Gasteiger partial charge in [-0.3, -0.25) is 20.2 Å². The first-order chi connectivity index (χ1) is 8.36. The molecule has 0 aliphatic carbocycles. The van der Waals surface area contributed by atoms with E-state index < -0.39 is 10.5 Å². The largest absolute Gasteiger partial charge is 0.468 e. The van der Waals surface area contributed by atoms with Crippen LogP contribution in [0.25, 0.3) is 0 Å². The lowest BCUT2D eigenvalue weighted by atomic mass is 10.1. The molecule has 1 aromatic carbocycles. The minimum atomic E-state index is -0.795. The SMILES string of the molecule is COC(=O)C(C)(C)NCc1ccc([N+](=O)[O-])cc1. The number of nitro groups is 1. The maximum atomic E-state index is 11.4. The number of nitrogens with zero attached hydrogens (tertiary/aromatic N) is 1. The van der Waals surface area contributed by atoms with Crippen LogP contribution in [-0.4, -0.2) is 23.5 Å². The van der Waals surface area contributed by atoms with Crippen molar-refractivity contribution in [1.29, 1.82) is 0 Å². The Balaban J connectivity index is 2.64. The molecular formula is C12H16N2O4. The maximum absolute atomic E-state index is 11.4. The van der Waals surface area contributed by atoms with E-state index in [2.05, 4.69) is 10.1 Å². The van der Waals surface area contributed by atoms with Crippen LogP contribution in [-0.2, 0) is 16.1 Å². The summed E-state index contributed by atoms with van der Waals surface area (Å²) in [6, 6.07) is 6.17. The third kappa shape index (κ3) is 3.53. The zero-order chi connectivity index (χ0) is 13.8. The van der Waals surface area contributed by atoms with E-state index >= 15 is 0 Å². The van der Waals surface area contributed by atoms with E-state index in [0.717, 1.165) is 5.56 Å². The lowest BCUT2D eigenvalue weighted by molar-refractivity contribution is -0.384. The summed E-state index contributed by atoms with van der Waals surface area (Å²) in [5.74, 6) is -0.357. The third-order valence-corrected chi connectivity index (χ3v) is 2.58. The molecule has 0 amide bonds. The highest BCUT2D eigenvalue weighted by Gasteiger charge is 2.27. The molecule has 1 N–H and O–H groups in total. The summed E-state index contributed by atoms with van der Waals surface area (Å²) in [4.78, 5) is 21.5. The molecule has 0 aliphatic rings. The molecule has 6 nitrogen and oxygen atoms in total. The summed E-state index contributed by atoms with van der Waals surface area (Å²) in [5, 5.41) is 13.5. The molecule has 0 radical (unpaired) electrons. The van der Waals surface area contributed by atoms with Gasteiger partial charge in [-0.25, -0.2) is 0 Å². The highest BCUT2D eigenvalue weighted by molar-refractivity contribution is 5.79. The average Bonchev–Trinajstić information content (AvgIpc) is 2.35. The van der Waals surface area contributed by atoms with Crippen molar-refractivity contribution in [3.05, 3.63) is 39.9 Å². The molecule has 18 heavy (non-hydrogen) atoms. The maximum Gasteiger partial charge on any atom is 0.325 e. The van der Waals surface area contributed by atoms with Crippen molar-refractivity contribution in [1.82, 2.24) is 5.32 Å². The van der Waals surface area contributed by atoms with Crippen molar-refractivity contribution < 1.29 is 14.5 Å². The van der Waals surface area contributed by atoms with Crippen LogP contribution in [0.5, 0.6) is 0 Å². The predicted molar refractivity (Wildman–Crippen MR) is 66.0 cm³/mol. The zero-order valence-electron chi connectivity index (χ0n) is 10.6. The highest BCUT2D eigenvalue weighted by atomic mass is 16.6. The number of benzene rings is 1. The van der Waals surface area contributed by atoms with E-state index in [1.165, 1.54) is 19.2 Å². The van der Waals surface area contributed by atoms with Gasteiger partial charge < -0.3 is 4.74 Å². The van der Waals surface area contributed by atoms with E-state index in [9.17, 15) is 14.9 Å². The smallest absolute Gasteiger partial charge is 0.325 e. The van der Waals surface area contributed by atoms with Crippen molar-refractivity contribution in [2.45, 2.75) is 25.9 Å². The van der Waals surface area contributed by atoms with Gasteiger partial charge in [0, 0.05) is 18.7 Å². The van der Waals surface area contributed by atoms with Crippen molar-refractivity contribution in [2.75, 3.05) is 7.11 Å². The van der Waals surface area contributed by atoms with Gasteiger partial charge in [0.05, 0.1) is 12.0 Å². The van der Waals surface area contributed by atoms with Gasteiger partial charge in [0.15, 0.2) is 0 Å². The van der Waals surface area contributed by atoms with Gasteiger partial charge in [-0.15, -0.1) is 0 Å². The first kappa shape index (κ1) is 14.1. The number of non-ortho nitro benzene ring substituents is 1. The Morgan fingerprint density at radius 3 is 2.39 bits per heavy atom. The summed E-state index contributed by atoms with van der Waals surface area (Å²) in [5.41, 5.74) is 0.111. The van der Waals surface area contributed by atoms with Crippen molar-refractivity contribution in [3.63, 3.8) is 0 Å². The van der Waals surface area contributed by atoms with Crippen LogP contribution >= 0.6 is 0 Å². The first-order valence-electron chi connectivity index (χ1n) is 5.43. The van der Waals surface area contributed by atoms with Crippen LogP contribution in [0.1, 0.15) is 19.4 Å². The van der Waals surface area contributed by atoms with Crippen molar-refractivity contribution in [2.24, 2.45) is 0 Å². The fourth-order valence-corrected chi connectivity index (χ4v) is 1.39. The van der Waals surface area contributed by atoms with E-state index in [4.69, 9.17) is 0 Å². The Morgan fingerprint density at radius 1 is 1.39 bits per heavy atom. The Bertz CT molecular complexity index is 440. The number of rotatable bonds is 5. The number of nitro benzene ring substituents is 1. The van der Waals surface area contributed by atoms with Gasteiger partial charge in [-0.2, -0.15) is 0 Å². The molecule has 1 rings (SSSR count). The molecule has 0 bridgehead atoms. The summed E-state index contributed by atoms with van der Waals surface area (Å²) in [7, 11) is 1.33. The topological polar surface area (TPSA) is 81.5 Å². The number of nitrogens with one attached hydrogen (secondary N) is 1. The minimum Gasteiger partial charge on any atom is -0.468 e. The molecule has 0 fully saturated rings. The van der Waals surface area contributed by atoms with Crippen LogP contribution in [0, 0.1) is 10.1 Å².